The van der Waals surface area contributed by atoms with Gasteiger partial charge in [0, 0.05) is 22.8 Å². The Balaban J connectivity index is 1.49. The van der Waals surface area contributed by atoms with E-state index in [9.17, 15) is 0 Å². The van der Waals surface area contributed by atoms with Crippen molar-refractivity contribution >= 4 is 38.4 Å². The van der Waals surface area contributed by atoms with Crippen LogP contribution in [0.25, 0.3) is 38.4 Å². The minimum atomic E-state index is 0.0831. The minimum Gasteiger partial charge on any atom is -0.114 e. The second-order valence-electron chi connectivity index (χ2n) is 17.3. The molecule has 0 saturated carbocycles. The number of aryl methyl sites for hydroxylation is 2. The number of hydrogen-bond donors (Lipinski definition) is 0. The highest BCUT2D eigenvalue weighted by molar-refractivity contribution is 6.05. The van der Waals surface area contributed by atoms with Crippen LogP contribution in [0, 0.1) is 31.1 Å². The Morgan fingerprint density at radius 1 is 0.566 bits per heavy atom. The maximum absolute atomic E-state index is 4.14. The van der Waals surface area contributed by atoms with Gasteiger partial charge in [0.15, 0.2) is 0 Å². The third kappa shape index (κ3) is 5.78. The van der Waals surface area contributed by atoms with Crippen molar-refractivity contribution < 1.29 is 0 Å². The van der Waals surface area contributed by atoms with Crippen LogP contribution in [-0.2, 0) is 5.41 Å². The van der Waals surface area contributed by atoms with Gasteiger partial charge < -0.3 is 0 Å². The molecule has 0 fully saturated rings. The van der Waals surface area contributed by atoms with Crippen LogP contribution in [0.1, 0.15) is 99.9 Å². The molecule has 0 heterocycles. The van der Waals surface area contributed by atoms with Crippen molar-refractivity contribution in [1.29, 1.82) is 0 Å². The lowest BCUT2D eigenvalue weighted by atomic mass is 9.71. The second kappa shape index (κ2) is 12.6. The van der Waals surface area contributed by atoms with Crippen molar-refractivity contribution in [2.75, 3.05) is 0 Å². The van der Waals surface area contributed by atoms with Gasteiger partial charge in [-0.25, -0.2) is 0 Å². The van der Waals surface area contributed by atoms with Gasteiger partial charge in [-0.3, -0.25) is 0 Å². The highest BCUT2D eigenvalue weighted by atomic mass is 14.3. The van der Waals surface area contributed by atoms with Crippen molar-refractivity contribution in [1.82, 2.24) is 0 Å². The van der Waals surface area contributed by atoms with Gasteiger partial charge in [0.2, 0.25) is 0 Å². The predicted molar refractivity (Wildman–Crippen MR) is 228 cm³/mol. The molecule has 6 aromatic rings. The molecule has 0 heteroatoms. The highest BCUT2D eigenvalue weighted by Crippen LogP contribution is 2.47. The Hall–Kier alpha value is -5.42. The normalized spacial score (nSPS) is 14.6. The topological polar surface area (TPSA) is 0 Å². The van der Waals surface area contributed by atoms with Crippen molar-refractivity contribution in [3.8, 4) is 0 Å². The quantitative estimate of drug-likeness (QED) is 0.119. The Labute approximate surface area is 316 Å². The lowest BCUT2D eigenvalue weighted by Gasteiger charge is -2.37. The molecule has 0 radical (unpaired) electrons. The lowest BCUT2D eigenvalue weighted by molar-refractivity contribution is 0.464. The number of benzene rings is 6. The molecule has 0 bridgehead atoms. The van der Waals surface area contributed by atoms with Gasteiger partial charge in [-0.2, -0.15) is 0 Å². The molecule has 8 rings (SSSR count). The molecule has 0 nitrogen and oxygen atoms in total. The van der Waals surface area contributed by atoms with E-state index in [1.165, 1.54) is 99.8 Å². The highest BCUT2D eigenvalue weighted by Gasteiger charge is 2.35. The average molecular weight is 687 g/mol. The molecular weight excluding hydrogens is 637 g/mol. The molecule has 262 valence electrons. The minimum absolute atomic E-state index is 0.0831. The molecule has 6 aromatic carbocycles. The van der Waals surface area contributed by atoms with Crippen LogP contribution in [0.5, 0.6) is 0 Å². The lowest BCUT2D eigenvalue weighted by Crippen LogP contribution is -2.22. The van der Waals surface area contributed by atoms with Crippen molar-refractivity contribution in [3.05, 3.63) is 199 Å². The number of rotatable bonds is 1. The van der Waals surface area contributed by atoms with E-state index in [4.69, 9.17) is 0 Å². The third-order valence-corrected chi connectivity index (χ3v) is 11.4. The number of hydrogen-bond acceptors (Lipinski definition) is 0. The van der Waals surface area contributed by atoms with Crippen LogP contribution in [-0.4, -0.2) is 0 Å². The summed E-state index contributed by atoms with van der Waals surface area (Å²) >= 11 is 0. The molecule has 53 heavy (non-hydrogen) atoms. The van der Waals surface area contributed by atoms with E-state index < -0.39 is 0 Å². The van der Waals surface area contributed by atoms with Gasteiger partial charge in [0.05, 0.1) is 34.8 Å². The van der Waals surface area contributed by atoms with Gasteiger partial charge in [-0.15, -0.1) is 5.73 Å². The Morgan fingerprint density at radius 3 is 1.60 bits per heavy atom. The SMILES string of the molecule is CC1=C[C+](C(C)(C)C)C(C)=CC1=c1c2ccccc2c(=C=C2c3ccccc3[C-](c3cc(C)c(C(C)(C)C)cc3C)c3ccccc32)c2ccccc12. The van der Waals surface area contributed by atoms with Gasteiger partial charge in [-0.1, -0.05) is 187 Å². The summed E-state index contributed by atoms with van der Waals surface area (Å²) in [5, 5.41) is 7.41. The fourth-order valence-corrected chi connectivity index (χ4v) is 9.02. The first-order valence-electron chi connectivity index (χ1n) is 19.1. The first kappa shape index (κ1) is 34.7. The average Bonchev–Trinajstić information content (AvgIpc) is 3.12. The summed E-state index contributed by atoms with van der Waals surface area (Å²) in [7, 11) is 0. The molecule has 0 unspecified atom stereocenters. The molecule has 0 amide bonds. The van der Waals surface area contributed by atoms with E-state index in [2.05, 4.69) is 196 Å². The number of allylic oxidation sites excluding steroid dienone is 4. The summed E-state index contributed by atoms with van der Waals surface area (Å²) < 4.78 is 0. The van der Waals surface area contributed by atoms with E-state index in [-0.39, 0.29) is 10.8 Å². The zero-order valence-corrected chi connectivity index (χ0v) is 33.0. The predicted octanol–water partition coefficient (Wildman–Crippen LogP) is 12.4. The summed E-state index contributed by atoms with van der Waals surface area (Å²) in [6.07, 6.45) is 4.84. The van der Waals surface area contributed by atoms with Gasteiger partial charge in [0.1, 0.15) is 0 Å². The fraction of sp³-hybridized carbons (Fsp3) is 0.226. The fourth-order valence-electron chi connectivity index (χ4n) is 9.02. The summed E-state index contributed by atoms with van der Waals surface area (Å²) in [6.45, 7) is 23.0. The van der Waals surface area contributed by atoms with Crippen molar-refractivity contribution in [3.63, 3.8) is 0 Å². The first-order valence-corrected chi connectivity index (χ1v) is 19.1. The van der Waals surface area contributed by atoms with Gasteiger partial charge in [-0.05, 0) is 67.2 Å². The van der Waals surface area contributed by atoms with Gasteiger partial charge in [0.25, 0.3) is 0 Å². The van der Waals surface area contributed by atoms with Crippen LogP contribution < -0.4 is 10.4 Å². The van der Waals surface area contributed by atoms with Crippen LogP contribution in [0.4, 0.5) is 0 Å². The van der Waals surface area contributed by atoms with Gasteiger partial charge >= 0.3 is 0 Å². The zero-order chi connectivity index (χ0) is 37.4. The standard InChI is InChI=1S/C53H50/c1-32-29-48(52(5,6)7)34(3)27-44(32)50-40-23-15-11-19-36(40)46(37-20-12-16-24-41(37)50)31-47-38-21-13-17-25-42(38)51(43-26-18-14-22-39(43)47)45-28-35(4)49(30-33(45)2)53(8,9)10/h11-30H,1-10H3. The molecule has 2 aliphatic rings. The van der Waals surface area contributed by atoms with E-state index in [0.717, 1.165) is 10.8 Å². The summed E-state index contributed by atoms with van der Waals surface area (Å²) in [5.74, 6) is 2.71. The van der Waals surface area contributed by atoms with Crippen LogP contribution in [0.2, 0.25) is 0 Å². The maximum Gasteiger partial charge on any atom is 0.0952 e. The van der Waals surface area contributed by atoms with E-state index in [1.54, 1.807) is 0 Å². The van der Waals surface area contributed by atoms with Crippen LogP contribution in [0.3, 0.4) is 0 Å². The van der Waals surface area contributed by atoms with Crippen LogP contribution in [0.15, 0.2) is 132 Å². The van der Waals surface area contributed by atoms with Crippen molar-refractivity contribution in [2.24, 2.45) is 5.41 Å². The molecule has 2 aliphatic carbocycles. The number of fused-ring (bicyclic) bond motifs is 4. The Morgan fingerprint density at radius 2 is 1.08 bits per heavy atom. The van der Waals surface area contributed by atoms with Crippen molar-refractivity contribution in [2.45, 2.75) is 74.7 Å². The molecule has 0 aliphatic heterocycles. The van der Waals surface area contributed by atoms with E-state index in [0.29, 0.717) is 0 Å². The summed E-state index contributed by atoms with van der Waals surface area (Å²) in [4.78, 5) is 0. The molecular formula is C53H50. The molecule has 0 saturated heterocycles. The largest absolute Gasteiger partial charge is 0.114 e. The second-order valence-corrected chi connectivity index (χ2v) is 17.3. The first-order chi connectivity index (χ1) is 25.2. The molecule has 0 N–H and O–H groups in total. The van der Waals surface area contributed by atoms with Crippen LogP contribution >= 0.6 is 0 Å². The molecule has 0 spiro atoms. The van der Waals surface area contributed by atoms with E-state index >= 15 is 0 Å². The zero-order valence-electron chi connectivity index (χ0n) is 33.0. The summed E-state index contributed by atoms with van der Waals surface area (Å²) in [5.41, 5.74) is 19.7. The summed E-state index contributed by atoms with van der Waals surface area (Å²) in [6, 6.07) is 40.7. The molecule has 0 atom stereocenters. The monoisotopic (exact) mass is 686 g/mol. The Bertz CT molecular complexity index is 2590. The smallest absolute Gasteiger partial charge is 0.0952 e. The maximum atomic E-state index is 4.14. The third-order valence-electron chi connectivity index (χ3n) is 11.4. The molecule has 0 aromatic heterocycles. The Kier molecular flexibility index (Phi) is 8.25. The van der Waals surface area contributed by atoms with E-state index in [1.807, 2.05) is 0 Å².